The van der Waals surface area contributed by atoms with Crippen molar-refractivity contribution in [2.45, 2.75) is 26.4 Å². The Kier molecular flexibility index (Phi) is 4.52. The Hall–Kier alpha value is -2.47. The van der Waals surface area contributed by atoms with Gasteiger partial charge in [0.15, 0.2) is 10.8 Å². The predicted molar refractivity (Wildman–Crippen MR) is 97.4 cm³/mol. The zero-order valence-electron chi connectivity index (χ0n) is 13.2. The molecule has 0 unspecified atom stereocenters. The SMILES string of the molecule is CC(C)n1ncc2cc(NC(=S)NCc3ccccc3)cnc21. The lowest BCUT2D eigenvalue weighted by Gasteiger charge is -2.11. The van der Waals surface area contributed by atoms with Crippen molar-refractivity contribution in [3.63, 3.8) is 0 Å². The second kappa shape index (κ2) is 6.75. The zero-order valence-corrected chi connectivity index (χ0v) is 14.0. The van der Waals surface area contributed by atoms with E-state index in [4.69, 9.17) is 12.2 Å². The van der Waals surface area contributed by atoms with Crippen LogP contribution in [0.3, 0.4) is 0 Å². The Labute approximate surface area is 140 Å². The highest BCUT2D eigenvalue weighted by Gasteiger charge is 2.08. The number of hydrogen-bond donors (Lipinski definition) is 2. The molecule has 0 saturated carbocycles. The summed E-state index contributed by atoms with van der Waals surface area (Å²) in [5, 5.41) is 12.3. The highest BCUT2D eigenvalue weighted by atomic mass is 32.1. The molecule has 0 saturated heterocycles. The summed E-state index contributed by atoms with van der Waals surface area (Å²) >= 11 is 5.33. The standard InChI is InChI=1S/C17H19N5S/c1-12(2)22-16-14(10-20-22)8-15(11-18-16)21-17(23)19-9-13-6-4-3-5-7-13/h3-8,10-12H,9H2,1-2H3,(H2,19,21,23). The van der Waals surface area contributed by atoms with Crippen molar-refractivity contribution in [3.05, 3.63) is 54.4 Å². The number of thiocarbonyl (C=S) groups is 1. The Morgan fingerprint density at radius 2 is 2.00 bits per heavy atom. The van der Waals surface area contributed by atoms with Gasteiger partial charge in [0.1, 0.15) is 0 Å². The van der Waals surface area contributed by atoms with Gasteiger partial charge < -0.3 is 10.6 Å². The third kappa shape index (κ3) is 3.65. The Morgan fingerprint density at radius 1 is 1.22 bits per heavy atom. The average Bonchev–Trinajstić information content (AvgIpc) is 2.97. The molecule has 3 aromatic rings. The summed E-state index contributed by atoms with van der Waals surface area (Å²) in [6.45, 7) is 4.86. The first-order valence-corrected chi connectivity index (χ1v) is 7.96. The van der Waals surface area contributed by atoms with E-state index in [0.29, 0.717) is 11.7 Å². The molecule has 0 amide bonds. The number of fused-ring (bicyclic) bond motifs is 1. The van der Waals surface area contributed by atoms with Gasteiger partial charge in [0.25, 0.3) is 0 Å². The molecule has 0 fully saturated rings. The van der Waals surface area contributed by atoms with E-state index in [1.165, 1.54) is 5.56 Å². The lowest BCUT2D eigenvalue weighted by atomic mass is 10.2. The molecule has 0 spiro atoms. The second-order valence-electron chi connectivity index (χ2n) is 5.61. The minimum Gasteiger partial charge on any atom is -0.358 e. The Balaban J connectivity index is 1.65. The van der Waals surface area contributed by atoms with Gasteiger partial charge in [0, 0.05) is 18.0 Å². The largest absolute Gasteiger partial charge is 0.358 e. The topological polar surface area (TPSA) is 54.8 Å². The van der Waals surface area contributed by atoms with E-state index >= 15 is 0 Å². The quantitative estimate of drug-likeness (QED) is 0.719. The van der Waals surface area contributed by atoms with Crippen molar-refractivity contribution in [3.8, 4) is 0 Å². The van der Waals surface area contributed by atoms with Crippen LogP contribution in [0, 0.1) is 0 Å². The highest BCUT2D eigenvalue weighted by Crippen LogP contribution is 2.18. The van der Waals surface area contributed by atoms with Gasteiger partial charge in [0.05, 0.1) is 18.1 Å². The predicted octanol–water partition coefficient (Wildman–Crippen LogP) is 3.50. The van der Waals surface area contributed by atoms with E-state index in [2.05, 4.69) is 46.7 Å². The van der Waals surface area contributed by atoms with Gasteiger partial charge in [0.2, 0.25) is 0 Å². The second-order valence-corrected chi connectivity index (χ2v) is 6.02. The molecule has 0 radical (unpaired) electrons. The van der Waals surface area contributed by atoms with Crippen LogP contribution in [0.25, 0.3) is 11.0 Å². The molecule has 6 heteroatoms. The summed E-state index contributed by atoms with van der Waals surface area (Å²) in [7, 11) is 0. The van der Waals surface area contributed by atoms with E-state index in [9.17, 15) is 0 Å². The van der Waals surface area contributed by atoms with E-state index in [-0.39, 0.29) is 6.04 Å². The number of hydrogen-bond acceptors (Lipinski definition) is 3. The minimum atomic E-state index is 0.285. The molecule has 0 aliphatic rings. The fourth-order valence-electron chi connectivity index (χ4n) is 2.34. The molecular formula is C17H19N5S. The molecule has 3 rings (SSSR count). The van der Waals surface area contributed by atoms with Crippen molar-refractivity contribution in [1.82, 2.24) is 20.1 Å². The van der Waals surface area contributed by atoms with E-state index in [0.717, 1.165) is 16.7 Å². The summed E-state index contributed by atoms with van der Waals surface area (Å²) in [6.07, 6.45) is 3.60. The van der Waals surface area contributed by atoms with Gasteiger partial charge in [-0.05, 0) is 37.7 Å². The lowest BCUT2D eigenvalue weighted by molar-refractivity contribution is 0.546. The molecule has 118 valence electrons. The van der Waals surface area contributed by atoms with Crippen LogP contribution >= 0.6 is 12.2 Å². The van der Waals surface area contributed by atoms with Crippen LogP contribution in [0.1, 0.15) is 25.5 Å². The van der Waals surface area contributed by atoms with E-state index in [1.54, 1.807) is 6.20 Å². The van der Waals surface area contributed by atoms with E-state index in [1.807, 2.05) is 35.1 Å². The third-order valence-electron chi connectivity index (χ3n) is 3.48. The molecule has 0 aliphatic heterocycles. The van der Waals surface area contributed by atoms with Crippen LogP contribution in [0.2, 0.25) is 0 Å². The van der Waals surface area contributed by atoms with Crippen molar-refractivity contribution in [1.29, 1.82) is 0 Å². The number of pyridine rings is 1. The average molecular weight is 325 g/mol. The molecule has 2 heterocycles. The van der Waals surface area contributed by atoms with Crippen molar-refractivity contribution < 1.29 is 0 Å². The molecule has 0 bridgehead atoms. The summed E-state index contributed by atoms with van der Waals surface area (Å²) in [5.74, 6) is 0. The van der Waals surface area contributed by atoms with Crippen LogP contribution < -0.4 is 10.6 Å². The van der Waals surface area contributed by atoms with Gasteiger partial charge >= 0.3 is 0 Å². The van der Waals surface area contributed by atoms with Gasteiger partial charge in [-0.3, -0.25) is 0 Å². The summed E-state index contributed by atoms with van der Waals surface area (Å²) in [5.41, 5.74) is 2.92. The summed E-state index contributed by atoms with van der Waals surface area (Å²) in [4.78, 5) is 4.48. The van der Waals surface area contributed by atoms with Gasteiger partial charge in [-0.25, -0.2) is 9.67 Å². The van der Waals surface area contributed by atoms with Gasteiger partial charge in [-0.1, -0.05) is 30.3 Å². The van der Waals surface area contributed by atoms with Crippen molar-refractivity contribution >= 4 is 34.1 Å². The maximum absolute atomic E-state index is 5.33. The fraction of sp³-hybridized carbons (Fsp3) is 0.235. The molecule has 0 aliphatic carbocycles. The molecule has 2 N–H and O–H groups in total. The smallest absolute Gasteiger partial charge is 0.171 e. The third-order valence-corrected chi connectivity index (χ3v) is 3.72. The first kappa shape index (κ1) is 15.4. The molecule has 0 atom stereocenters. The summed E-state index contributed by atoms with van der Waals surface area (Å²) < 4.78 is 1.91. The van der Waals surface area contributed by atoms with Crippen LogP contribution in [-0.2, 0) is 6.54 Å². The number of nitrogens with zero attached hydrogens (tertiary/aromatic N) is 3. The number of aromatic nitrogens is 3. The molecular weight excluding hydrogens is 306 g/mol. The van der Waals surface area contributed by atoms with Crippen molar-refractivity contribution in [2.75, 3.05) is 5.32 Å². The molecule has 2 aromatic heterocycles. The fourth-order valence-corrected chi connectivity index (χ4v) is 2.53. The Morgan fingerprint density at radius 3 is 2.74 bits per heavy atom. The van der Waals surface area contributed by atoms with Crippen molar-refractivity contribution in [2.24, 2.45) is 0 Å². The Bertz CT molecular complexity index is 810. The number of rotatable bonds is 4. The molecule has 23 heavy (non-hydrogen) atoms. The number of benzene rings is 1. The van der Waals surface area contributed by atoms with E-state index < -0.39 is 0 Å². The van der Waals surface area contributed by atoms with Gasteiger partial charge in [-0.2, -0.15) is 5.10 Å². The summed E-state index contributed by atoms with van der Waals surface area (Å²) in [6, 6.07) is 12.4. The maximum atomic E-state index is 5.33. The number of anilines is 1. The highest BCUT2D eigenvalue weighted by molar-refractivity contribution is 7.80. The van der Waals surface area contributed by atoms with Crippen LogP contribution in [-0.4, -0.2) is 19.9 Å². The lowest BCUT2D eigenvalue weighted by Crippen LogP contribution is -2.27. The first-order valence-electron chi connectivity index (χ1n) is 7.55. The van der Waals surface area contributed by atoms with Crippen LogP contribution in [0.4, 0.5) is 5.69 Å². The first-order chi connectivity index (χ1) is 11.1. The minimum absolute atomic E-state index is 0.285. The number of nitrogens with one attached hydrogen (secondary N) is 2. The zero-order chi connectivity index (χ0) is 16.2. The maximum Gasteiger partial charge on any atom is 0.171 e. The monoisotopic (exact) mass is 325 g/mol. The molecule has 5 nitrogen and oxygen atoms in total. The molecule has 1 aromatic carbocycles. The normalized spacial score (nSPS) is 10.9. The van der Waals surface area contributed by atoms with Gasteiger partial charge in [-0.15, -0.1) is 0 Å². The van der Waals surface area contributed by atoms with Crippen LogP contribution in [0.5, 0.6) is 0 Å². The van der Waals surface area contributed by atoms with Crippen LogP contribution in [0.15, 0.2) is 48.8 Å².